The number of imidazole rings is 1. The number of rotatable bonds is 7. The van der Waals surface area contributed by atoms with Crippen molar-refractivity contribution in [1.82, 2.24) is 9.55 Å². The monoisotopic (exact) mass is 377 g/mol. The van der Waals surface area contributed by atoms with Crippen molar-refractivity contribution in [1.29, 1.82) is 0 Å². The van der Waals surface area contributed by atoms with E-state index in [1.807, 2.05) is 60.3 Å². The third kappa shape index (κ3) is 4.67. The Hall–Kier alpha value is -2.92. The first-order valence-electron chi connectivity index (χ1n) is 9.48. The predicted octanol–water partition coefficient (Wildman–Crippen LogP) is 3.49. The third-order valence-corrected chi connectivity index (χ3v) is 5.09. The molecule has 5 nitrogen and oxygen atoms in total. The molecule has 2 N–H and O–H groups in total. The summed E-state index contributed by atoms with van der Waals surface area (Å²) in [6.07, 6.45) is 4.30. The maximum atomic E-state index is 12.3. The standard InChI is InChI=1S/C23H27N3O2/c1-16-19(10-7-11-20(16)17(2)22-13-26(3)15-25-22)14-28-23(27)21(24)12-18-8-5-4-6-9-18/h4-11,13,15,17,21H,12,14,24H2,1-3H3. The molecule has 5 heteroatoms. The summed E-state index contributed by atoms with van der Waals surface area (Å²) in [6.45, 7) is 4.41. The van der Waals surface area contributed by atoms with Gasteiger partial charge in [-0.15, -0.1) is 0 Å². The smallest absolute Gasteiger partial charge is 0.323 e. The van der Waals surface area contributed by atoms with Gasteiger partial charge in [-0.05, 0) is 35.6 Å². The summed E-state index contributed by atoms with van der Waals surface area (Å²) in [5.41, 5.74) is 11.3. The van der Waals surface area contributed by atoms with E-state index < -0.39 is 6.04 Å². The molecule has 0 aliphatic rings. The van der Waals surface area contributed by atoms with Crippen LogP contribution in [0, 0.1) is 6.92 Å². The first kappa shape index (κ1) is 19.8. The zero-order chi connectivity index (χ0) is 20.1. The molecule has 0 saturated carbocycles. The number of carbonyl (C=O) groups excluding carboxylic acids is 1. The number of aryl methyl sites for hydroxylation is 1. The van der Waals surface area contributed by atoms with Crippen LogP contribution in [0.1, 0.15) is 40.8 Å². The van der Waals surface area contributed by atoms with E-state index in [0.717, 1.165) is 22.4 Å². The number of hydrogen-bond acceptors (Lipinski definition) is 4. The van der Waals surface area contributed by atoms with Gasteiger partial charge in [0.15, 0.2) is 0 Å². The van der Waals surface area contributed by atoms with E-state index in [0.29, 0.717) is 6.42 Å². The van der Waals surface area contributed by atoms with Crippen LogP contribution in [0.15, 0.2) is 61.1 Å². The first-order chi connectivity index (χ1) is 13.5. The predicted molar refractivity (Wildman–Crippen MR) is 110 cm³/mol. The fourth-order valence-corrected chi connectivity index (χ4v) is 3.35. The Morgan fingerprint density at radius 3 is 2.61 bits per heavy atom. The highest BCUT2D eigenvalue weighted by Crippen LogP contribution is 2.27. The highest BCUT2D eigenvalue weighted by molar-refractivity contribution is 5.76. The molecule has 0 aliphatic carbocycles. The average Bonchev–Trinajstić information content (AvgIpc) is 3.13. The number of aromatic nitrogens is 2. The maximum Gasteiger partial charge on any atom is 0.323 e. The third-order valence-electron chi connectivity index (χ3n) is 5.09. The van der Waals surface area contributed by atoms with Gasteiger partial charge in [0.05, 0.1) is 12.0 Å². The SMILES string of the molecule is Cc1c(COC(=O)C(N)Cc2ccccc2)cccc1C(C)c1cn(C)cn1. The van der Waals surface area contributed by atoms with E-state index >= 15 is 0 Å². The highest BCUT2D eigenvalue weighted by atomic mass is 16.5. The molecule has 0 spiro atoms. The number of ether oxygens (including phenoxy) is 1. The Kier molecular flexibility index (Phi) is 6.26. The van der Waals surface area contributed by atoms with Crippen molar-refractivity contribution in [3.8, 4) is 0 Å². The van der Waals surface area contributed by atoms with Crippen molar-refractivity contribution in [2.75, 3.05) is 0 Å². The molecule has 2 atom stereocenters. The molecule has 3 rings (SSSR count). The van der Waals surface area contributed by atoms with Crippen molar-refractivity contribution in [2.24, 2.45) is 12.8 Å². The lowest BCUT2D eigenvalue weighted by molar-refractivity contribution is -0.146. The van der Waals surface area contributed by atoms with Gasteiger partial charge in [-0.1, -0.05) is 55.5 Å². The lowest BCUT2D eigenvalue weighted by Gasteiger charge is -2.17. The van der Waals surface area contributed by atoms with Gasteiger partial charge in [-0.25, -0.2) is 4.98 Å². The van der Waals surface area contributed by atoms with Crippen molar-refractivity contribution in [3.05, 3.63) is 89.0 Å². The lowest BCUT2D eigenvalue weighted by atomic mass is 9.91. The molecular formula is C23H27N3O2. The molecule has 0 saturated heterocycles. The van der Waals surface area contributed by atoms with Crippen molar-refractivity contribution >= 4 is 5.97 Å². The summed E-state index contributed by atoms with van der Waals surface area (Å²) < 4.78 is 7.45. The fourth-order valence-electron chi connectivity index (χ4n) is 3.35. The largest absolute Gasteiger partial charge is 0.460 e. The molecule has 0 aliphatic heterocycles. The van der Waals surface area contributed by atoms with E-state index in [2.05, 4.69) is 24.9 Å². The summed E-state index contributed by atoms with van der Waals surface area (Å²) in [5, 5.41) is 0. The van der Waals surface area contributed by atoms with E-state index in [-0.39, 0.29) is 18.5 Å². The molecule has 0 amide bonds. The zero-order valence-corrected chi connectivity index (χ0v) is 16.6. The van der Waals surface area contributed by atoms with Gasteiger partial charge in [-0.2, -0.15) is 0 Å². The molecular weight excluding hydrogens is 350 g/mol. The summed E-state index contributed by atoms with van der Waals surface area (Å²) in [5.74, 6) is -0.219. The van der Waals surface area contributed by atoms with Gasteiger partial charge < -0.3 is 15.0 Å². The Balaban J connectivity index is 1.65. The Morgan fingerprint density at radius 1 is 1.18 bits per heavy atom. The van der Waals surface area contributed by atoms with E-state index in [1.165, 1.54) is 5.56 Å². The summed E-state index contributed by atoms with van der Waals surface area (Å²) >= 11 is 0. The van der Waals surface area contributed by atoms with Crippen molar-refractivity contribution in [2.45, 2.75) is 38.8 Å². The minimum atomic E-state index is -0.668. The van der Waals surface area contributed by atoms with Gasteiger partial charge >= 0.3 is 5.97 Å². The van der Waals surface area contributed by atoms with E-state index in [1.54, 1.807) is 6.33 Å². The second kappa shape index (κ2) is 8.85. The number of esters is 1. The van der Waals surface area contributed by atoms with Crippen LogP contribution in [-0.4, -0.2) is 21.6 Å². The molecule has 1 heterocycles. The van der Waals surface area contributed by atoms with Crippen LogP contribution in [0.2, 0.25) is 0 Å². The molecule has 0 radical (unpaired) electrons. The van der Waals surface area contributed by atoms with Crippen LogP contribution in [0.5, 0.6) is 0 Å². The van der Waals surface area contributed by atoms with Gasteiger partial charge in [0.1, 0.15) is 12.6 Å². The normalized spacial score (nSPS) is 13.1. The zero-order valence-electron chi connectivity index (χ0n) is 16.6. The summed E-state index contributed by atoms with van der Waals surface area (Å²) in [4.78, 5) is 16.8. The topological polar surface area (TPSA) is 70.1 Å². The molecule has 3 aromatic rings. The van der Waals surface area contributed by atoms with Gasteiger partial charge in [0.25, 0.3) is 0 Å². The molecule has 2 unspecified atom stereocenters. The van der Waals surface area contributed by atoms with E-state index in [9.17, 15) is 4.79 Å². The minimum Gasteiger partial charge on any atom is -0.460 e. The summed E-state index contributed by atoms with van der Waals surface area (Å²) in [6, 6.07) is 15.1. The number of nitrogens with zero attached hydrogens (tertiary/aromatic N) is 2. The van der Waals surface area contributed by atoms with Gasteiger partial charge in [0.2, 0.25) is 0 Å². The number of nitrogens with two attached hydrogens (primary N) is 1. The molecule has 0 fully saturated rings. The van der Waals surface area contributed by atoms with Gasteiger partial charge in [-0.3, -0.25) is 4.79 Å². The Labute approximate surface area is 166 Å². The van der Waals surface area contributed by atoms with Crippen LogP contribution in [-0.2, 0) is 29.6 Å². The maximum absolute atomic E-state index is 12.3. The van der Waals surface area contributed by atoms with Crippen LogP contribution in [0.3, 0.4) is 0 Å². The second-order valence-electron chi connectivity index (χ2n) is 7.22. The number of hydrogen-bond donors (Lipinski definition) is 1. The van der Waals surface area contributed by atoms with Gasteiger partial charge in [0, 0.05) is 19.2 Å². The van der Waals surface area contributed by atoms with Crippen LogP contribution in [0.25, 0.3) is 0 Å². The molecule has 2 aromatic carbocycles. The van der Waals surface area contributed by atoms with Crippen molar-refractivity contribution < 1.29 is 9.53 Å². The number of benzene rings is 2. The minimum absolute atomic E-state index is 0.164. The molecule has 146 valence electrons. The Bertz CT molecular complexity index is 934. The quantitative estimate of drug-likeness (QED) is 0.640. The highest BCUT2D eigenvalue weighted by Gasteiger charge is 2.18. The van der Waals surface area contributed by atoms with Crippen LogP contribution in [0.4, 0.5) is 0 Å². The van der Waals surface area contributed by atoms with E-state index in [4.69, 9.17) is 10.5 Å². The van der Waals surface area contributed by atoms with Crippen molar-refractivity contribution in [3.63, 3.8) is 0 Å². The fraction of sp³-hybridized carbons (Fsp3) is 0.304. The number of carbonyl (C=O) groups is 1. The molecule has 1 aromatic heterocycles. The average molecular weight is 377 g/mol. The second-order valence-corrected chi connectivity index (χ2v) is 7.22. The summed E-state index contributed by atoms with van der Waals surface area (Å²) in [7, 11) is 1.96. The molecule has 0 bridgehead atoms. The van der Waals surface area contributed by atoms with Crippen LogP contribution < -0.4 is 5.73 Å². The lowest BCUT2D eigenvalue weighted by Crippen LogP contribution is -2.34. The Morgan fingerprint density at radius 2 is 1.93 bits per heavy atom. The van der Waals surface area contributed by atoms with Crippen LogP contribution >= 0.6 is 0 Å². The first-order valence-corrected chi connectivity index (χ1v) is 9.48. The molecule has 28 heavy (non-hydrogen) atoms.